The molecule has 3 aromatic rings. The van der Waals surface area contributed by atoms with Crippen molar-refractivity contribution in [3.63, 3.8) is 0 Å². The Kier molecular flexibility index (Phi) is 6.48. The minimum absolute atomic E-state index is 0.0197. The molecule has 0 saturated carbocycles. The van der Waals surface area contributed by atoms with Gasteiger partial charge >= 0.3 is 0 Å². The van der Waals surface area contributed by atoms with Crippen LogP contribution in [0, 0.1) is 0 Å². The van der Waals surface area contributed by atoms with Crippen LogP contribution >= 0.6 is 0 Å². The molecule has 1 aliphatic rings. The van der Waals surface area contributed by atoms with E-state index in [1.165, 1.54) is 11.1 Å². The van der Waals surface area contributed by atoms with Crippen molar-refractivity contribution in [3.05, 3.63) is 65.5 Å². The van der Waals surface area contributed by atoms with E-state index in [9.17, 15) is 4.79 Å². The van der Waals surface area contributed by atoms with Crippen LogP contribution in [0.5, 0.6) is 0 Å². The predicted molar refractivity (Wildman–Crippen MR) is 120 cm³/mol. The fourth-order valence-corrected chi connectivity index (χ4v) is 4.04. The Morgan fingerprint density at radius 2 is 2.00 bits per heavy atom. The largest absolute Gasteiger partial charge is 0.368 e. The molecule has 1 fully saturated rings. The van der Waals surface area contributed by atoms with E-state index < -0.39 is 0 Å². The number of carbonyl (C=O) groups is 1. The number of para-hydroxylation sites is 2. The summed E-state index contributed by atoms with van der Waals surface area (Å²) < 4.78 is 7.76. The summed E-state index contributed by atoms with van der Waals surface area (Å²) in [6, 6.07) is 17.2. The maximum absolute atomic E-state index is 12.1. The zero-order valence-electron chi connectivity index (χ0n) is 17.9. The highest BCUT2D eigenvalue weighted by atomic mass is 16.5. The van der Waals surface area contributed by atoms with Crippen molar-refractivity contribution in [1.82, 2.24) is 14.9 Å². The number of nitrogens with one attached hydrogen (secondary N) is 1. The van der Waals surface area contributed by atoms with Crippen LogP contribution < -0.4 is 5.32 Å². The molecule has 1 amide bonds. The van der Waals surface area contributed by atoms with E-state index in [4.69, 9.17) is 9.72 Å². The molecular weight excluding hydrogens is 374 g/mol. The average Bonchev–Trinajstić information content (AvgIpc) is 3.40. The smallest absolute Gasteiger partial charge is 0.249 e. The van der Waals surface area contributed by atoms with Gasteiger partial charge in [0.15, 0.2) is 0 Å². The monoisotopic (exact) mass is 405 g/mol. The topological polar surface area (TPSA) is 56.2 Å². The fraction of sp³-hybridized carbons (Fsp3) is 0.440. The molecule has 158 valence electrons. The number of aryl methyl sites for hydroxylation is 1. The van der Waals surface area contributed by atoms with Crippen LogP contribution in [0.1, 0.15) is 56.0 Å². The maximum Gasteiger partial charge on any atom is 0.249 e. The summed E-state index contributed by atoms with van der Waals surface area (Å²) in [6.07, 6.45) is 3.22. The number of aromatic nitrogens is 2. The van der Waals surface area contributed by atoms with Crippen LogP contribution in [0.15, 0.2) is 48.5 Å². The lowest BCUT2D eigenvalue weighted by Gasteiger charge is -2.12. The van der Waals surface area contributed by atoms with Gasteiger partial charge in [0.1, 0.15) is 11.9 Å². The highest BCUT2D eigenvalue weighted by Gasteiger charge is 2.22. The Bertz CT molecular complexity index is 985. The standard InChI is InChI=1S/C25H31N3O2/c1-18(2)20-13-11-19(12-14-20)17-28-22-8-4-3-7-21(22)27-24(28)10-5-15-26-25(29)23-9-6-16-30-23/h3-4,7-8,11-14,18,23H,5-6,9-10,15-17H2,1-2H3,(H,26,29). The summed E-state index contributed by atoms with van der Waals surface area (Å²) in [4.78, 5) is 17.0. The van der Waals surface area contributed by atoms with Gasteiger partial charge in [0.05, 0.1) is 11.0 Å². The normalized spacial score (nSPS) is 16.4. The lowest BCUT2D eigenvalue weighted by Crippen LogP contribution is -2.34. The zero-order chi connectivity index (χ0) is 20.9. The predicted octanol–water partition coefficient (Wildman–Crippen LogP) is 4.44. The molecule has 1 aliphatic heterocycles. The van der Waals surface area contributed by atoms with E-state index in [0.29, 0.717) is 19.1 Å². The molecule has 1 saturated heterocycles. The summed E-state index contributed by atoms with van der Waals surface area (Å²) >= 11 is 0. The second-order valence-corrected chi connectivity index (χ2v) is 8.40. The van der Waals surface area contributed by atoms with Gasteiger partial charge < -0.3 is 14.6 Å². The van der Waals surface area contributed by atoms with Crippen molar-refractivity contribution in [2.24, 2.45) is 0 Å². The number of imidazole rings is 1. The molecule has 1 N–H and O–H groups in total. The number of ether oxygens (including phenoxy) is 1. The highest BCUT2D eigenvalue weighted by Crippen LogP contribution is 2.21. The summed E-state index contributed by atoms with van der Waals surface area (Å²) in [5.41, 5.74) is 4.81. The number of rotatable bonds is 8. The van der Waals surface area contributed by atoms with E-state index in [1.54, 1.807) is 0 Å². The summed E-state index contributed by atoms with van der Waals surface area (Å²) in [6.45, 7) is 6.57. The van der Waals surface area contributed by atoms with Gasteiger partial charge in [-0.3, -0.25) is 4.79 Å². The third-order valence-electron chi connectivity index (χ3n) is 5.82. The molecule has 5 heteroatoms. The van der Waals surface area contributed by atoms with Crippen LogP contribution in [0.4, 0.5) is 0 Å². The molecule has 0 spiro atoms. The summed E-state index contributed by atoms with van der Waals surface area (Å²) in [7, 11) is 0. The van der Waals surface area contributed by atoms with Crippen LogP contribution in [-0.2, 0) is 22.5 Å². The molecule has 0 bridgehead atoms. The molecule has 1 unspecified atom stereocenters. The number of carbonyl (C=O) groups excluding carboxylic acids is 1. The number of nitrogens with zero attached hydrogens (tertiary/aromatic N) is 2. The molecule has 30 heavy (non-hydrogen) atoms. The van der Waals surface area contributed by atoms with E-state index in [1.807, 2.05) is 6.07 Å². The fourth-order valence-electron chi connectivity index (χ4n) is 4.04. The van der Waals surface area contributed by atoms with Crippen molar-refractivity contribution >= 4 is 16.9 Å². The van der Waals surface area contributed by atoms with Crippen molar-refractivity contribution < 1.29 is 9.53 Å². The molecule has 1 atom stereocenters. The first-order valence-electron chi connectivity index (χ1n) is 11.0. The van der Waals surface area contributed by atoms with Gasteiger partial charge in [-0.2, -0.15) is 0 Å². The third kappa shape index (κ3) is 4.73. The first-order valence-corrected chi connectivity index (χ1v) is 11.0. The second kappa shape index (κ2) is 9.43. The van der Waals surface area contributed by atoms with Gasteiger partial charge in [0.25, 0.3) is 0 Å². The Morgan fingerprint density at radius 3 is 2.73 bits per heavy atom. The summed E-state index contributed by atoms with van der Waals surface area (Å²) in [5, 5.41) is 3.01. The third-order valence-corrected chi connectivity index (χ3v) is 5.82. The Hall–Kier alpha value is -2.66. The molecule has 2 aromatic carbocycles. The minimum atomic E-state index is -0.261. The van der Waals surface area contributed by atoms with Crippen LogP contribution in [0.3, 0.4) is 0 Å². The van der Waals surface area contributed by atoms with Crippen LogP contribution in [0.25, 0.3) is 11.0 Å². The number of benzene rings is 2. The molecule has 5 nitrogen and oxygen atoms in total. The SMILES string of the molecule is CC(C)c1ccc(Cn2c(CCCNC(=O)C3CCCO3)nc3ccccc32)cc1. The summed E-state index contributed by atoms with van der Waals surface area (Å²) in [5.74, 6) is 1.62. The maximum atomic E-state index is 12.1. The Labute approximate surface area is 178 Å². The number of hydrogen-bond acceptors (Lipinski definition) is 3. The van der Waals surface area contributed by atoms with E-state index in [0.717, 1.165) is 49.1 Å². The molecule has 0 radical (unpaired) electrons. The zero-order valence-corrected chi connectivity index (χ0v) is 17.9. The van der Waals surface area contributed by atoms with E-state index in [-0.39, 0.29) is 12.0 Å². The molecule has 0 aliphatic carbocycles. The van der Waals surface area contributed by atoms with Crippen molar-refractivity contribution in [2.45, 2.75) is 58.1 Å². The molecule has 1 aromatic heterocycles. The highest BCUT2D eigenvalue weighted by molar-refractivity contribution is 5.80. The van der Waals surface area contributed by atoms with Gasteiger partial charge in [-0.05, 0) is 48.4 Å². The van der Waals surface area contributed by atoms with Crippen molar-refractivity contribution in [3.8, 4) is 0 Å². The Balaban J connectivity index is 1.44. The Morgan fingerprint density at radius 1 is 1.20 bits per heavy atom. The number of hydrogen-bond donors (Lipinski definition) is 1. The van der Waals surface area contributed by atoms with E-state index in [2.05, 4.69) is 66.2 Å². The lowest BCUT2D eigenvalue weighted by molar-refractivity contribution is -0.130. The van der Waals surface area contributed by atoms with Crippen molar-refractivity contribution in [1.29, 1.82) is 0 Å². The quantitative estimate of drug-likeness (QED) is 0.564. The minimum Gasteiger partial charge on any atom is -0.368 e. The van der Waals surface area contributed by atoms with Crippen molar-refractivity contribution in [2.75, 3.05) is 13.2 Å². The van der Waals surface area contributed by atoms with Gasteiger partial charge in [0.2, 0.25) is 5.91 Å². The number of amides is 1. The van der Waals surface area contributed by atoms with Gasteiger partial charge in [0, 0.05) is 26.1 Å². The van der Waals surface area contributed by atoms with Gasteiger partial charge in [-0.1, -0.05) is 50.2 Å². The first kappa shape index (κ1) is 20.6. The molecular formula is C25H31N3O2. The molecule has 2 heterocycles. The van der Waals surface area contributed by atoms with Gasteiger partial charge in [-0.25, -0.2) is 4.98 Å². The number of fused-ring (bicyclic) bond motifs is 1. The van der Waals surface area contributed by atoms with E-state index >= 15 is 0 Å². The lowest BCUT2D eigenvalue weighted by atomic mass is 10.0. The van der Waals surface area contributed by atoms with Crippen LogP contribution in [0.2, 0.25) is 0 Å². The average molecular weight is 406 g/mol. The first-order chi connectivity index (χ1) is 14.6. The molecule has 4 rings (SSSR count). The van der Waals surface area contributed by atoms with Crippen LogP contribution in [-0.4, -0.2) is 34.7 Å². The second-order valence-electron chi connectivity index (χ2n) is 8.40. The van der Waals surface area contributed by atoms with Gasteiger partial charge in [-0.15, -0.1) is 0 Å².